The molecule has 0 aliphatic heterocycles. The van der Waals surface area contributed by atoms with E-state index in [0.29, 0.717) is 5.56 Å². The monoisotopic (exact) mass is 274 g/mol. The lowest BCUT2D eigenvalue weighted by Gasteiger charge is -2.25. The molecule has 0 atom stereocenters. The van der Waals surface area contributed by atoms with Gasteiger partial charge in [0.2, 0.25) is 0 Å². The van der Waals surface area contributed by atoms with Crippen molar-refractivity contribution < 1.29 is 9.90 Å². The van der Waals surface area contributed by atoms with Crippen molar-refractivity contribution in [2.24, 2.45) is 0 Å². The van der Waals surface area contributed by atoms with Crippen LogP contribution in [0.15, 0.2) is 36.9 Å². The van der Waals surface area contributed by atoms with Gasteiger partial charge in [0.15, 0.2) is 0 Å². The van der Waals surface area contributed by atoms with Crippen molar-refractivity contribution in [2.45, 2.75) is 19.4 Å². The maximum Gasteiger partial charge on any atom is 0.253 e. The Balaban J connectivity index is 2.12. The first-order chi connectivity index (χ1) is 9.37. The van der Waals surface area contributed by atoms with Crippen LogP contribution >= 0.6 is 0 Å². The van der Waals surface area contributed by atoms with Crippen molar-refractivity contribution >= 4 is 5.91 Å². The molecule has 106 valence electrons. The summed E-state index contributed by atoms with van der Waals surface area (Å²) < 4.78 is 1.76. The second-order valence-electron chi connectivity index (χ2n) is 5.39. The maximum atomic E-state index is 12.2. The number of likely N-dealkylation sites (N-methyl/N-ethyl adjacent to an activating group) is 1. The number of aliphatic hydroxyl groups is 1. The van der Waals surface area contributed by atoms with E-state index >= 15 is 0 Å². The third kappa shape index (κ3) is 3.42. The van der Waals surface area contributed by atoms with Gasteiger partial charge in [-0.3, -0.25) is 9.36 Å². The van der Waals surface area contributed by atoms with Crippen LogP contribution in [0, 0.1) is 0 Å². The van der Waals surface area contributed by atoms with Gasteiger partial charge in [0.25, 0.3) is 5.91 Å². The molecule has 0 saturated heterocycles. The molecule has 0 bridgehead atoms. The first-order valence-corrected chi connectivity index (χ1v) is 6.30. The summed E-state index contributed by atoms with van der Waals surface area (Å²) >= 11 is 0. The number of carbonyl (C=O) groups is 1. The van der Waals surface area contributed by atoms with Crippen LogP contribution in [-0.2, 0) is 0 Å². The van der Waals surface area contributed by atoms with E-state index in [1.54, 1.807) is 50.2 Å². The van der Waals surface area contributed by atoms with E-state index in [1.807, 2.05) is 12.1 Å². The van der Waals surface area contributed by atoms with E-state index in [9.17, 15) is 9.90 Å². The lowest BCUT2D eigenvalue weighted by Crippen LogP contribution is -2.39. The predicted molar refractivity (Wildman–Crippen MR) is 74.6 cm³/mol. The third-order valence-corrected chi connectivity index (χ3v) is 2.80. The Hall–Kier alpha value is -2.21. The van der Waals surface area contributed by atoms with Crippen molar-refractivity contribution in [3.63, 3.8) is 0 Å². The van der Waals surface area contributed by atoms with Crippen LogP contribution < -0.4 is 0 Å². The number of rotatable bonds is 4. The Morgan fingerprint density at radius 1 is 1.25 bits per heavy atom. The molecule has 0 aliphatic rings. The van der Waals surface area contributed by atoms with Gasteiger partial charge in [0.1, 0.15) is 12.7 Å². The molecule has 0 spiro atoms. The van der Waals surface area contributed by atoms with E-state index in [-0.39, 0.29) is 12.5 Å². The van der Waals surface area contributed by atoms with Crippen LogP contribution in [0.25, 0.3) is 5.69 Å². The molecule has 6 heteroatoms. The van der Waals surface area contributed by atoms with Crippen LogP contribution in [0.1, 0.15) is 24.2 Å². The van der Waals surface area contributed by atoms with Crippen LogP contribution in [-0.4, -0.2) is 49.9 Å². The molecule has 1 N–H and O–H groups in total. The van der Waals surface area contributed by atoms with Gasteiger partial charge in [0, 0.05) is 24.8 Å². The Morgan fingerprint density at radius 3 is 2.30 bits per heavy atom. The first-order valence-electron chi connectivity index (χ1n) is 6.30. The maximum absolute atomic E-state index is 12.2. The van der Waals surface area contributed by atoms with Crippen molar-refractivity contribution in [3.05, 3.63) is 42.5 Å². The molecular formula is C14H18N4O2. The van der Waals surface area contributed by atoms with Gasteiger partial charge in [-0.25, -0.2) is 0 Å². The summed E-state index contributed by atoms with van der Waals surface area (Å²) in [6.07, 6.45) is 3.19. The molecule has 1 amide bonds. The highest BCUT2D eigenvalue weighted by Gasteiger charge is 2.20. The zero-order valence-electron chi connectivity index (χ0n) is 11.8. The molecule has 0 saturated carbocycles. The molecule has 2 aromatic rings. The predicted octanol–water partition coefficient (Wildman–Crippen LogP) is 1.11. The number of aromatic nitrogens is 3. The Bertz CT molecular complexity index is 570. The Kier molecular flexibility index (Phi) is 3.85. The molecule has 2 rings (SSSR count). The zero-order valence-corrected chi connectivity index (χ0v) is 11.8. The average Bonchev–Trinajstić information content (AvgIpc) is 2.90. The number of nitrogens with zero attached hydrogens (tertiary/aromatic N) is 4. The smallest absolute Gasteiger partial charge is 0.253 e. The molecule has 1 heterocycles. The fourth-order valence-electron chi connectivity index (χ4n) is 1.98. The SMILES string of the molecule is CN(CC(C)(C)O)C(=O)c1ccc(-n2cnnc2)cc1. The van der Waals surface area contributed by atoms with Crippen molar-refractivity contribution in [3.8, 4) is 5.69 Å². The molecule has 6 nitrogen and oxygen atoms in total. The summed E-state index contributed by atoms with van der Waals surface area (Å²) in [7, 11) is 1.67. The van der Waals surface area contributed by atoms with Crippen LogP contribution in [0.4, 0.5) is 0 Å². The molecular weight excluding hydrogens is 256 g/mol. The molecule has 0 fully saturated rings. The second-order valence-corrected chi connectivity index (χ2v) is 5.39. The largest absolute Gasteiger partial charge is 0.389 e. The van der Waals surface area contributed by atoms with Gasteiger partial charge < -0.3 is 10.0 Å². The van der Waals surface area contributed by atoms with Gasteiger partial charge in [0.05, 0.1) is 5.60 Å². The van der Waals surface area contributed by atoms with Gasteiger partial charge in [-0.05, 0) is 38.1 Å². The van der Waals surface area contributed by atoms with Gasteiger partial charge in [-0.2, -0.15) is 0 Å². The van der Waals surface area contributed by atoms with Crippen molar-refractivity contribution in [2.75, 3.05) is 13.6 Å². The topological polar surface area (TPSA) is 71.2 Å². The standard InChI is InChI=1S/C14H18N4O2/c1-14(2,20)8-17(3)13(19)11-4-6-12(7-5-11)18-9-15-16-10-18/h4-7,9-10,20H,8H2,1-3H3. The quantitative estimate of drug-likeness (QED) is 0.906. The van der Waals surface area contributed by atoms with Crippen LogP contribution in [0.2, 0.25) is 0 Å². The van der Waals surface area contributed by atoms with Gasteiger partial charge in [-0.15, -0.1) is 10.2 Å². The summed E-state index contributed by atoms with van der Waals surface area (Å²) in [5, 5.41) is 17.2. The van der Waals surface area contributed by atoms with E-state index in [1.165, 1.54) is 4.90 Å². The van der Waals surface area contributed by atoms with Crippen molar-refractivity contribution in [1.82, 2.24) is 19.7 Å². The summed E-state index contributed by atoms with van der Waals surface area (Å²) in [5.41, 5.74) is 0.553. The molecule has 0 unspecified atom stereocenters. The number of benzene rings is 1. The Labute approximate surface area is 117 Å². The minimum atomic E-state index is -0.910. The summed E-state index contributed by atoms with van der Waals surface area (Å²) in [5.74, 6) is -0.123. The van der Waals surface area contributed by atoms with E-state index in [4.69, 9.17) is 0 Å². The fourth-order valence-corrected chi connectivity index (χ4v) is 1.98. The fraction of sp³-hybridized carbons (Fsp3) is 0.357. The zero-order chi connectivity index (χ0) is 14.8. The third-order valence-electron chi connectivity index (χ3n) is 2.80. The molecule has 20 heavy (non-hydrogen) atoms. The molecule has 0 aliphatic carbocycles. The lowest BCUT2D eigenvalue weighted by molar-refractivity contribution is 0.0368. The minimum absolute atomic E-state index is 0.123. The summed E-state index contributed by atoms with van der Waals surface area (Å²) in [4.78, 5) is 13.7. The van der Waals surface area contributed by atoms with Crippen molar-refractivity contribution in [1.29, 1.82) is 0 Å². The minimum Gasteiger partial charge on any atom is -0.389 e. The van der Waals surface area contributed by atoms with Crippen LogP contribution in [0.5, 0.6) is 0 Å². The highest BCUT2D eigenvalue weighted by atomic mass is 16.3. The number of carbonyl (C=O) groups excluding carboxylic acids is 1. The summed E-state index contributed by atoms with van der Waals surface area (Å²) in [6, 6.07) is 7.15. The molecule has 1 aromatic carbocycles. The van der Waals surface area contributed by atoms with E-state index in [0.717, 1.165) is 5.69 Å². The highest BCUT2D eigenvalue weighted by Crippen LogP contribution is 2.12. The van der Waals surface area contributed by atoms with Crippen LogP contribution in [0.3, 0.4) is 0 Å². The second kappa shape index (κ2) is 5.42. The highest BCUT2D eigenvalue weighted by molar-refractivity contribution is 5.94. The number of hydrogen-bond acceptors (Lipinski definition) is 4. The van der Waals surface area contributed by atoms with Gasteiger partial charge >= 0.3 is 0 Å². The van der Waals surface area contributed by atoms with E-state index < -0.39 is 5.60 Å². The molecule has 1 aromatic heterocycles. The normalized spacial score (nSPS) is 11.4. The average molecular weight is 274 g/mol. The Morgan fingerprint density at radius 2 is 1.80 bits per heavy atom. The lowest BCUT2D eigenvalue weighted by atomic mass is 10.1. The summed E-state index contributed by atoms with van der Waals surface area (Å²) in [6.45, 7) is 3.62. The number of hydrogen-bond donors (Lipinski definition) is 1. The first kappa shape index (κ1) is 14.2. The molecule has 0 radical (unpaired) electrons. The number of amides is 1. The van der Waals surface area contributed by atoms with Gasteiger partial charge in [-0.1, -0.05) is 0 Å². The van der Waals surface area contributed by atoms with E-state index in [2.05, 4.69) is 10.2 Å².